The zero-order valence-corrected chi connectivity index (χ0v) is 19.9. The van der Waals surface area contributed by atoms with Crippen molar-refractivity contribution in [1.82, 2.24) is 0 Å². The molecule has 0 unspecified atom stereocenters. The lowest BCUT2D eigenvalue weighted by molar-refractivity contribution is 1.43. The number of benzene rings is 5. The minimum absolute atomic E-state index is 1.26. The molecule has 0 nitrogen and oxygen atoms in total. The van der Waals surface area contributed by atoms with Crippen LogP contribution in [0.4, 0.5) is 0 Å². The van der Waals surface area contributed by atoms with Gasteiger partial charge in [-0.25, -0.2) is 0 Å². The molecule has 0 aliphatic carbocycles. The molecule has 0 saturated heterocycles. The smallest absolute Gasteiger partial charge is 0.0433 e. The number of thiophene rings is 1. The molecule has 33 heavy (non-hydrogen) atoms. The van der Waals surface area contributed by atoms with E-state index in [-0.39, 0.29) is 0 Å². The quantitative estimate of drug-likeness (QED) is 0.237. The molecule has 0 aliphatic rings. The lowest BCUT2D eigenvalue weighted by Gasteiger charge is -2.15. The van der Waals surface area contributed by atoms with E-state index in [1.54, 1.807) is 0 Å². The van der Waals surface area contributed by atoms with Crippen molar-refractivity contribution in [2.24, 2.45) is 0 Å². The molecule has 2 heteroatoms. The van der Waals surface area contributed by atoms with E-state index >= 15 is 0 Å². The molecule has 1 aromatic heterocycles. The summed E-state index contributed by atoms with van der Waals surface area (Å²) in [4.78, 5) is 1.32. The zero-order valence-electron chi connectivity index (χ0n) is 18.3. The highest BCUT2D eigenvalue weighted by Gasteiger charge is 2.14. The van der Waals surface area contributed by atoms with Crippen LogP contribution in [0.15, 0.2) is 120 Å². The first kappa shape index (κ1) is 20.3. The molecule has 0 fully saturated rings. The molecule has 158 valence electrons. The van der Waals surface area contributed by atoms with Crippen LogP contribution in [0, 0.1) is 0 Å². The van der Waals surface area contributed by atoms with E-state index in [1.807, 2.05) is 23.1 Å². The number of hydrogen-bond acceptors (Lipinski definition) is 2. The fourth-order valence-corrected chi connectivity index (χ4v) is 6.71. The van der Waals surface area contributed by atoms with Crippen molar-refractivity contribution in [2.75, 3.05) is 6.26 Å². The van der Waals surface area contributed by atoms with Crippen molar-refractivity contribution in [3.63, 3.8) is 0 Å². The summed E-state index contributed by atoms with van der Waals surface area (Å²) in [6, 6.07) is 41.7. The van der Waals surface area contributed by atoms with E-state index in [0.717, 1.165) is 0 Å². The topological polar surface area (TPSA) is 0 Å². The van der Waals surface area contributed by atoms with Crippen LogP contribution in [-0.4, -0.2) is 6.26 Å². The molecule has 0 radical (unpaired) electrons. The van der Waals surface area contributed by atoms with Crippen molar-refractivity contribution < 1.29 is 0 Å². The van der Waals surface area contributed by atoms with Gasteiger partial charge < -0.3 is 0 Å². The van der Waals surface area contributed by atoms with E-state index in [9.17, 15) is 0 Å². The lowest BCUT2D eigenvalue weighted by Crippen LogP contribution is -1.88. The molecular formula is C31H22S2. The van der Waals surface area contributed by atoms with Gasteiger partial charge in [0.1, 0.15) is 0 Å². The maximum absolute atomic E-state index is 2.35. The van der Waals surface area contributed by atoms with Gasteiger partial charge in [-0.1, -0.05) is 103 Å². The second-order valence-corrected chi connectivity index (χ2v) is 9.98. The van der Waals surface area contributed by atoms with Crippen molar-refractivity contribution in [2.45, 2.75) is 4.90 Å². The largest absolute Gasteiger partial charge is 0.135 e. The Balaban J connectivity index is 1.52. The van der Waals surface area contributed by atoms with Gasteiger partial charge in [0.2, 0.25) is 0 Å². The van der Waals surface area contributed by atoms with Crippen LogP contribution < -0.4 is 0 Å². The Kier molecular flexibility index (Phi) is 5.26. The maximum atomic E-state index is 2.35. The van der Waals surface area contributed by atoms with Gasteiger partial charge in [0, 0.05) is 25.1 Å². The van der Waals surface area contributed by atoms with Crippen LogP contribution in [0.5, 0.6) is 0 Å². The summed E-state index contributed by atoms with van der Waals surface area (Å²) < 4.78 is 2.70. The number of thioether (sulfide) groups is 1. The lowest BCUT2D eigenvalue weighted by atomic mass is 9.95. The summed E-state index contributed by atoms with van der Waals surface area (Å²) in [5, 5.41) is 2.69. The number of hydrogen-bond donors (Lipinski definition) is 0. The molecular weight excluding hydrogens is 436 g/mol. The van der Waals surface area contributed by atoms with Gasteiger partial charge in [-0.15, -0.1) is 23.1 Å². The zero-order chi connectivity index (χ0) is 22.2. The van der Waals surface area contributed by atoms with Crippen molar-refractivity contribution in [3.8, 4) is 33.4 Å². The third-order valence-electron chi connectivity index (χ3n) is 6.19. The van der Waals surface area contributed by atoms with E-state index < -0.39 is 0 Å². The second-order valence-electron chi connectivity index (χ2n) is 8.11. The van der Waals surface area contributed by atoms with Crippen LogP contribution >= 0.6 is 23.1 Å². The third-order valence-corrected chi connectivity index (χ3v) is 8.26. The summed E-state index contributed by atoms with van der Waals surface area (Å²) >= 11 is 3.71. The van der Waals surface area contributed by atoms with Gasteiger partial charge in [0.25, 0.3) is 0 Å². The summed E-state index contributed by atoms with van der Waals surface area (Å²) in [7, 11) is 0. The standard InChI is InChI=1S/C31H22S2/c1-32-30-24(21-10-3-2-4-11-21)15-8-16-25(30)22-12-7-13-23(20-22)26-17-9-18-28-27-14-5-6-19-29(27)33-31(26)28/h2-20H,1H3. The highest BCUT2D eigenvalue weighted by atomic mass is 32.2. The Morgan fingerprint density at radius 1 is 0.515 bits per heavy atom. The van der Waals surface area contributed by atoms with Gasteiger partial charge in [0.15, 0.2) is 0 Å². The molecule has 6 aromatic rings. The maximum Gasteiger partial charge on any atom is 0.0433 e. The average Bonchev–Trinajstić information content (AvgIpc) is 3.28. The fourth-order valence-electron chi connectivity index (χ4n) is 4.66. The first-order chi connectivity index (χ1) is 16.3. The molecule has 0 amide bonds. The van der Waals surface area contributed by atoms with Crippen LogP contribution in [0.25, 0.3) is 53.6 Å². The van der Waals surface area contributed by atoms with Crippen LogP contribution in [-0.2, 0) is 0 Å². The average molecular weight is 459 g/mol. The van der Waals surface area contributed by atoms with E-state index in [1.165, 1.54) is 58.4 Å². The molecule has 1 heterocycles. The van der Waals surface area contributed by atoms with Gasteiger partial charge in [-0.2, -0.15) is 0 Å². The molecule has 5 aromatic carbocycles. The number of rotatable bonds is 4. The second kappa shape index (κ2) is 8.55. The van der Waals surface area contributed by atoms with E-state index in [4.69, 9.17) is 0 Å². The highest BCUT2D eigenvalue weighted by Crippen LogP contribution is 2.42. The Labute approximate surface area is 202 Å². The summed E-state index contributed by atoms with van der Waals surface area (Å²) in [6.45, 7) is 0. The van der Waals surface area contributed by atoms with E-state index in [2.05, 4.69) is 122 Å². The molecule has 6 rings (SSSR count). The van der Waals surface area contributed by atoms with Crippen LogP contribution in [0.2, 0.25) is 0 Å². The SMILES string of the molecule is CSc1c(-c2ccccc2)cccc1-c1cccc(-c2cccc3c2sc2ccccc23)c1. The monoisotopic (exact) mass is 458 g/mol. The molecule has 0 spiro atoms. The Hall–Kier alpha value is -3.33. The Morgan fingerprint density at radius 3 is 1.91 bits per heavy atom. The predicted octanol–water partition coefficient (Wildman–Crippen LogP) is 9.78. The minimum Gasteiger partial charge on any atom is -0.135 e. The van der Waals surface area contributed by atoms with Crippen molar-refractivity contribution in [3.05, 3.63) is 115 Å². The molecule has 0 bridgehead atoms. The molecule has 0 aliphatic heterocycles. The van der Waals surface area contributed by atoms with Crippen molar-refractivity contribution in [1.29, 1.82) is 0 Å². The fraction of sp³-hybridized carbons (Fsp3) is 0.0323. The van der Waals surface area contributed by atoms with Gasteiger partial charge in [-0.05, 0) is 51.8 Å². The Bertz CT molecular complexity index is 1590. The number of fused-ring (bicyclic) bond motifs is 3. The summed E-state index contributed by atoms with van der Waals surface area (Å²) in [5.41, 5.74) is 7.66. The molecule has 0 saturated carbocycles. The van der Waals surface area contributed by atoms with Crippen LogP contribution in [0.1, 0.15) is 0 Å². The van der Waals surface area contributed by atoms with Gasteiger partial charge in [-0.3, -0.25) is 0 Å². The Morgan fingerprint density at radius 2 is 1.09 bits per heavy atom. The van der Waals surface area contributed by atoms with Gasteiger partial charge in [0.05, 0.1) is 0 Å². The van der Waals surface area contributed by atoms with Crippen molar-refractivity contribution >= 4 is 43.3 Å². The first-order valence-corrected chi connectivity index (χ1v) is 13.1. The predicted molar refractivity (Wildman–Crippen MR) is 147 cm³/mol. The first-order valence-electron chi connectivity index (χ1n) is 11.1. The van der Waals surface area contributed by atoms with Crippen LogP contribution in [0.3, 0.4) is 0 Å². The summed E-state index contributed by atoms with van der Waals surface area (Å²) in [6.07, 6.45) is 2.17. The molecule has 0 atom stereocenters. The highest BCUT2D eigenvalue weighted by molar-refractivity contribution is 7.98. The minimum atomic E-state index is 1.26. The summed E-state index contributed by atoms with van der Waals surface area (Å²) in [5.74, 6) is 0. The third kappa shape index (κ3) is 3.56. The van der Waals surface area contributed by atoms with E-state index in [0.29, 0.717) is 0 Å². The normalized spacial score (nSPS) is 11.3. The van der Waals surface area contributed by atoms with Gasteiger partial charge >= 0.3 is 0 Å². The molecule has 0 N–H and O–H groups in total.